The first kappa shape index (κ1) is 13.5. The summed E-state index contributed by atoms with van der Waals surface area (Å²) in [5.74, 6) is 0.742. The molecule has 0 amide bonds. The molecule has 1 N–H and O–H groups in total. The zero-order chi connectivity index (χ0) is 13.5. The smallest absolute Gasteiger partial charge is 0.159 e. The summed E-state index contributed by atoms with van der Waals surface area (Å²) >= 11 is 0. The van der Waals surface area contributed by atoms with Crippen molar-refractivity contribution in [3.8, 4) is 17.1 Å². The minimum atomic E-state index is 0.0938. The van der Waals surface area contributed by atoms with Crippen LogP contribution in [-0.4, -0.2) is 15.1 Å². The van der Waals surface area contributed by atoms with E-state index < -0.39 is 0 Å². The summed E-state index contributed by atoms with van der Waals surface area (Å²) in [7, 11) is 0. The molecule has 3 heteroatoms. The fraction of sp³-hybridized carbons (Fsp3) is 0.375. The van der Waals surface area contributed by atoms with Gasteiger partial charge in [0.25, 0.3) is 0 Å². The summed E-state index contributed by atoms with van der Waals surface area (Å²) in [5.41, 5.74) is 2.34. The van der Waals surface area contributed by atoms with E-state index in [-0.39, 0.29) is 5.75 Å². The Labute approximate surface area is 114 Å². The lowest BCUT2D eigenvalue weighted by Gasteiger charge is -2.03. The van der Waals surface area contributed by atoms with Crippen LogP contribution in [0.2, 0.25) is 0 Å². The van der Waals surface area contributed by atoms with Gasteiger partial charge in [0.2, 0.25) is 0 Å². The summed E-state index contributed by atoms with van der Waals surface area (Å²) in [4.78, 5) is 8.21. The monoisotopic (exact) mass is 256 g/mol. The number of rotatable bonds is 6. The van der Waals surface area contributed by atoms with Gasteiger partial charge in [-0.15, -0.1) is 0 Å². The number of aromatic nitrogens is 2. The number of aryl methyl sites for hydroxylation is 1. The highest BCUT2D eigenvalue weighted by Crippen LogP contribution is 2.17. The van der Waals surface area contributed by atoms with Gasteiger partial charge in [0.15, 0.2) is 11.6 Å². The van der Waals surface area contributed by atoms with E-state index in [0.29, 0.717) is 5.82 Å². The van der Waals surface area contributed by atoms with Gasteiger partial charge in [-0.25, -0.2) is 9.97 Å². The first-order valence-electron chi connectivity index (χ1n) is 6.90. The van der Waals surface area contributed by atoms with Gasteiger partial charge < -0.3 is 5.11 Å². The van der Waals surface area contributed by atoms with E-state index in [0.717, 1.165) is 12.0 Å². The van der Waals surface area contributed by atoms with Crippen LogP contribution >= 0.6 is 0 Å². The van der Waals surface area contributed by atoms with Crippen LogP contribution in [0.1, 0.15) is 38.2 Å². The molecular weight excluding hydrogens is 236 g/mol. The summed E-state index contributed by atoms with van der Waals surface area (Å²) in [6, 6.07) is 8.36. The maximum atomic E-state index is 9.16. The number of hydrogen-bond acceptors (Lipinski definition) is 3. The molecule has 0 unspecified atom stereocenters. The molecule has 0 aliphatic carbocycles. The molecule has 0 saturated carbocycles. The van der Waals surface area contributed by atoms with Gasteiger partial charge in [-0.05, 0) is 18.4 Å². The van der Waals surface area contributed by atoms with Crippen molar-refractivity contribution in [3.63, 3.8) is 0 Å². The zero-order valence-electron chi connectivity index (χ0n) is 11.3. The summed E-state index contributed by atoms with van der Waals surface area (Å²) in [6.45, 7) is 2.23. The molecule has 19 heavy (non-hydrogen) atoms. The van der Waals surface area contributed by atoms with Crippen LogP contribution < -0.4 is 0 Å². The topological polar surface area (TPSA) is 46.0 Å². The van der Waals surface area contributed by atoms with Gasteiger partial charge in [0.1, 0.15) is 0 Å². The Hall–Kier alpha value is -1.90. The molecule has 1 aromatic heterocycles. The predicted molar refractivity (Wildman–Crippen MR) is 77.0 cm³/mol. The van der Waals surface area contributed by atoms with E-state index in [2.05, 4.69) is 29.0 Å². The third kappa shape index (κ3) is 4.05. The Morgan fingerprint density at radius 2 is 1.63 bits per heavy atom. The Bertz CT molecular complexity index is 491. The molecule has 0 aliphatic rings. The first-order valence-corrected chi connectivity index (χ1v) is 6.90. The van der Waals surface area contributed by atoms with Crippen LogP contribution in [0.3, 0.4) is 0 Å². The van der Waals surface area contributed by atoms with Crippen LogP contribution in [-0.2, 0) is 6.42 Å². The van der Waals surface area contributed by atoms with Crippen molar-refractivity contribution in [1.82, 2.24) is 9.97 Å². The lowest BCUT2D eigenvalue weighted by atomic mass is 10.0. The summed E-state index contributed by atoms with van der Waals surface area (Å²) < 4.78 is 0. The second-order valence-corrected chi connectivity index (χ2v) is 4.77. The second-order valence-electron chi connectivity index (χ2n) is 4.77. The minimum absolute atomic E-state index is 0.0938. The average molecular weight is 256 g/mol. The van der Waals surface area contributed by atoms with Crippen LogP contribution in [0.5, 0.6) is 5.75 Å². The molecule has 0 radical (unpaired) electrons. The molecular formula is C16H20N2O. The van der Waals surface area contributed by atoms with Crippen LogP contribution in [0.4, 0.5) is 0 Å². The van der Waals surface area contributed by atoms with Crippen LogP contribution in [0.15, 0.2) is 36.7 Å². The highest BCUT2D eigenvalue weighted by atomic mass is 16.3. The minimum Gasteiger partial charge on any atom is -0.505 e. The van der Waals surface area contributed by atoms with Crippen molar-refractivity contribution in [3.05, 3.63) is 42.2 Å². The van der Waals surface area contributed by atoms with Crippen LogP contribution in [0, 0.1) is 0 Å². The molecule has 0 atom stereocenters. The maximum absolute atomic E-state index is 9.16. The SMILES string of the molecule is CCCCCCc1ccc(-c2ncc(O)cn2)cc1. The van der Waals surface area contributed by atoms with Crippen molar-refractivity contribution in [2.24, 2.45) is 0 Å². The van der Waals surface area contributed by atoms with Crippen molar-refractivity contribution in [2.75, 3.05) is 0 Å². The largest absolute Gasteiger partial charge is 0.505 e. The Kier molecular flexibility index (Phi) is 4.90. The molecule has 2 rings (SSSR count). The van der Waals surface area contributed by atoms with E-state index in [9.17, 15) is 0 Å². The molecule has 0 fully saturated rings. The highest BCUT2D eigenvalue weighted by Gasteiger charge is 2.01. The summed E-state index contributed by atoms with van der Waals surface area (Å²) in [6.07, 6.45) is 9.12. The highest BCUT2D eigenvalue weighted by molar-refractivity contribution is 5.55. The maximum Gasteiger partial charge on any atom is 0.159 e. The van der Waals surface area contributed by atoms with Crippen molar-refractivity contribution < 1.29 is 5.11 Å². The molecule has 0 saturated heterocycles. The predicted octanol–water partition coefficient (Wildman–Crippen LogP) is 3.97. The van der Waals surface area contributed by atoms with Gasteiger partial charge >= 0.3 is 0 Å². The van der Waals surface area contributed by atoms with Crippen molar-refractivity contribution in [1.29, 1.82) is 0 Å². The molecule has 1 aromatic carbocycles. The fourth-order valence-electron chi connectivity index (χ4n) is 2.05. The average Bonchev–Trinajstić information content (AvgIpc) is 2.45. The number of aromatic hydroxyl groups is 1. The molecule has 1 heterocycles. The van der Waals surface area contributed by atoms with Gasteiger partial charge in [0, 0.05) is 5.56 Å². The zero-order valence-corrected chi connectivity index (χ0v) is 11.3. The normalized spacial score (nSPS) is 10.6. The van der Waals surface area contributed by atoms with Gasteiger partial charge in [-0.3, -0.25) is 0 Å². The van der Waals surface area contributed by atoms with E-state index in [4.69, 9.17) is 5.11 Å². The molecule has 100 valence electrons. The fourth-order valence-corrected chi connectivity index (χ4v) is 2.05. The first-order chi connectivity index (χ1) is 9.29. The Balaban J connectivity index is 1.96. The van der Waals surface area contributed by atoms with E-state index >= 15 is 0 Å². The number of hydrogen-bond donors (Lipinski definition) is 1. The van der Waals surface area contributed by atoms with E-state index in [1.807, 2.05) is 12.1 Å². The number of unbranched alkanes of at least 4 members (excludes halogenated alkanes) is 3. The van der Waals surface area contributed by atoms with Crippen molar-refractivity contribution in [2.45, 2.75) is 39.0 Å². The second kappa shape index (κ2) is 6.88. The standard InChI is InChI=1S/C16H20N2O/c1-2-3-4-5-6-13-7-9-14(10-8-13)16-17-11-15(19)12-18-16/h7-12,19H,2-6H2,1H3. The molecule has 2 aromatic rings. The lowest BCUT2D eigenvalue weighted by Crippen LogP contribution is -1.89. The van der Waals surface area contributed by atoms with E-state index in [1.165, 1.54) is 43.6 Å². The van der Waals surface area contributed by atoms with Gasteiger partial charge in [0.05, 0.1) is 12.4 Å². The van der Waals surface area contributed by atoms with Gasteiger partial charge in [-0.1, -0.05) is 50.5 Å². The third-order valence-electron chi connectivity index (χ3n) is 3.17. The quantitative estimate of drug-likeness (QED) is 0.795. The molecule has 0 bridgehead atoms. The molecule has 0 spiro atoms. The Morgan fingerprint density at radius 1 is 0.947 bits per heavy atom. The molecule has 0 aliphatic heterocycles. The van der Waals surface area contributed by atoms with E-state index in [1.54, 1.807) is 0 Å². The lowest BCUT2D eigenvalue weighted by molar-refractivity contribution is 0.470. The molecule has 3 nitrogen and oxygen atoms in total. The van der Waals surface area contributed by atoms with Crippen LogP contribution in [0.25, 0.3) is 11.4 Å². The summed E-state index contributed by atoms with van der Waals surface area (Å²) in [5, 5.41) is 9.16. The number of nitrogens with zero attached hydrogens (tertiary/aromatic N) is 2. The Morgan fingerprint density at radius 3 is 2.26 bits per heavy atom. The van der Waals surface area contributed by atoms with Gasteiger partial charge in [-0.2, -0.15) is 0 Å². The third-order valence-corrected chi connectivity index (χ3v) is 3.17. The number of benzene rings is 1. The van der Waals surface area contributed by atoms with Crippen molar-refractivity contribution >= 4 is 0 Å².